The third-order valence-electron chi connectivity index (χ3n) is 18.0. The van der Waals surface area contributed by atoms with Gasteiger partial charge in [0.05, 0.1) is 16.6 Å². The molecule has 6 aliphatic rings. The minimum Gasteiger partial charge on any atom is -0.334 e. The van der Waals surface area contributed by atoms with Crippen molar-refractivity contribution in [1.29, 1.82) is 0 Å². The van der Waals surface area contributed by atoms with Crippen LogP contribution in [-0.4, -0.2) is 16.8 Å². The van der Waals surface area contributed by atoms with Gasteiger partial charge in [-0.25, -0.2) is 0 Å². The molecule has 7 aromatic carbocycles. The van der Waals surface area contributed by atoms with Crippen LogP contribution in [0.4, 0.5) is 22.7 Å². The van der Waals surface area contributed by atoms with Gasteiger partial charge in [-0.05, 0) is 119 Å². The van der Waals surface area contributed by atoms with E-state index in [1.165, 1.54) is 113 Å². The fourth-order valence-corrected chi connectivity index (χ4v) is 15.0. The van der Waals surface area contributed by atoms with Gasteiger partial charge in [-0.15, -0.1) is 0 Å². The summed E-state index contributed by atoms with van der Waals surface area (Å²) < 4.78 is 2.68. The van der Waals surface area contributed by atoms with Crippen LogP contribution < -0.4 is 26.2 Å². The topological polar surface area (TPSA) is 11.4 Å². The molecule has 4 unspecified atom stereocenters. The summed E-state index contributed by atoms with van der Waals surface area (Å²) in [5.74, 6) is 0. The maximum absolute atomic E-state index is 2.91. The number of hydrogen-bond donors (Lipinski definition) is 0. The Morgan fingerprint density at radius 2 is 1.29 bits per heavy atom. The number of fused-ring (bicyclic) bond motifs is 15. The van der Waals surface area contributed by atoms with Crippen molar-refractivity contribution in [3.63, 3.8) is 0 Å². The molecule has 4 atom stereocenters. The normalized spacial score (nSPS) is 25.7. The second kappa shape index (κ2) is 11.8. The summed E-state index contributed by atoms with van der Waals surface area (Å²) in [6, 6.07) is 57.4. The first-order valence-corrected chi connectivity index (χ1v) is 23.7. The largest absolute Gasteiger partial charge is 0.334 e. The molecule has 5 heterocycles. The highest BCUT2D eigenvalue weighted by atomic mass is 15.3. The van der Waals surface area contributed by atoms with E-state index in [1.54, 1.807) is 0 Å². The average molecular weight is 816 g/mol. The Balaban J connectivity index is 1.15. The summed E-state index contributed by atoms with van der Waals surface area (Å²) in [6.07, 6.45) is 6.92. The summed E-state index contributed by atoms with van der Waals surface area (Å²) in [5, 5.41) is 2.68. The summed E-state index contributed by atoms with van der Waals surface area (Å²) in [7, 11) is 0. The molecule has 0 N–H and O–H groups in total. The second-order valence-corrected chi connectivity index (χ2v) is 21.6. The molecule has 0 spiro atoms. The van der Waals surface area contributed by atoms with Crippen LogP contribution in [-0.2, 0) is 28.2 Å². The van der Waals surface area contributed by atoms with E-state index in [4.69, 9.17) is 0 Å². The molecule has 0 bridgehead atoms. The van der Waals surface area contributed by atoms with Crippen LogP contribution in [0.1, 0.15) is 107 Å². The molecule has 0 saturated heterocycles. The molecule has 4 aliphatic heterocycles. The van der Waals surface area contributed by atoms with Crippen molar-refractivity contribution in [2.75, 3.05) is 9.80 Å². The molecule has 14 rings (SSSR count). The van der Waals surface area contributed by atoms with Gasteiger partial charge in [0.25, 0.3) is 6.71 Å². The molecule has 8 aromatic rings. The van der Waals surface area contributed by atoms with Crippen LogP contribution in [0.5, 0.6) is 0 Å². The van der Waals surface area contributed by atoms with E-state index in [2.05, 4.69) is 202 Å². The third kappa shape index (κ3) is 4.08. The van der Waals surface area contributed by atoms with Crippen molar-refractivity contribution in [1.82, 2.24) is 4.57 Å². The molecule has 4 heteroatoms. The van der Waals surface area contributed by atoms with Crippen molar-refractivity contribution >= 4 is 67.7 Å². The third-order valence-corrected chi connectivity index (χ3v) is 18.0. The monoisotopic (exact) mass is 815 g/mol. The van der Waals surface area contributed by atoms with E-state index in [1.807, 2.05) is 0 Å². The van der Waals surface area contributed by atoms with Gasteiger partial charge in [-0.1, -0.05) is 162 Å². The number of nitrogens with zero attached hydrogens (tertiary/aromatic N) is 3. The molecule has 0 amide bonds. The summed E-state index contributed by atoms with van der Waals surface area (Å²) in [5.41, 5.74) is 22.0. The molecule has 2 aliphatic carbocycles. The minimum atomic E-state index is -0.316. The van der Waals surface area contributed by atoms with Gasteiger partial charge in [-0.2, -0.15) is 0 Å². The van der Waals surface area contributed by atoms with Crippen LogP contribution in [0, 0.1) is 0 Å². The van der Waals surface area contributed by atoms with Crippen molar-refractivity contribution in [3.8, 4) is 5.69 Å². The van der Waals surface area contributed by atoms with E-state index < -0.39 is 0 Å². The number of aromatic nitrogens is 1. The Labute approximate surface area is 372 Å². The molecule has 1 fully saturated rings. The number of anilines is 4. The number of aryl methyl sites for hydroxylation is 1. The van der Waals surface area contributed by atoms with Crippen molar-refractivity contribution in [3.05, 3.63) is 179 Å². The molecule has 3 nitrogen and oxygen atoms in total. The lowest BCUT2D eigenvalue weighted by Crippen LogP contribution is -2.63. The SMILES string of the molecule is CC(C)(C)c1cc2c3c(c1)C1(C)CCc4ccccc4C1(C)N3c1cc(N3c4ccccc4C4(c5ccccc5)CCCCC34C)cc3c1B2c1cccc2c4ccccc4n-3c12. The highest BCUT2D eigenvalue weighted by Gasteiger charge is 2.65. The fraction of sp³-hybridized carbons (Fsp3) is 0.288. The van der Waals surface area contributed by atoms with E-state index in [9.17, 15) is 0 Å². The Hall–Kier alpha value is -6.00. The maximum Gasteiger partial charge on any atom is 0.252 e. The number of rotatable bonds is 2. The molecule has 308 valence electrons. The summed E-state index contributed by atoms with van der Waals surface area (Å²) in [4.78, 5) is 5.75. The lowest BCUT2D eigenvalue weighted by Gasteiger charge is -2.54. The van der Waals surface area contributed by atoms with Crippen molar-refractivity contribution < 1.29 is 0 Å². The molecule has 1 saturated carbocycles. The lowest BCUT2D eigenvalue weighted by molar-refractivity contribution is 0.215. The standard InChI is InChI=1S/C59H54BN3/c1-55(2,3)39-33-45-54-47(34-39)60-46-26-18-23-42-41-22-11-14-27-48(41)61(53(42)46)50-35-40(36-51(52(50)60)63(54)58(6)43-24-12-10-19-37(43)29-32-56(45,58)4)62-49-28-15-13-25-44(49)59(38-20-8-7-9-21-38)31-17-16-30-57(59,62)5/h7-15,18-28,33-36H,16-17,29-32H2,1-6H3. The Morgan fingerprint density at radius 3 is 2.13 bits per heavy atom. The van der Waals surface area contributed by atoms with Gasteiger partial charge in [0, 0.05) is 55.6 Å². The van der Waals surface area contributed by atoms with E-state index >= 15 is 0 Å². The van der Waals surface area contributed by atoms with Gasteiger partial charge in [-0.3, -0.25) is 0 Å². The van der Waals surface area contributed by atoms with Crippen LogP contribution >= 0.6 is 0 Å². The van der Waals surface area contributed by atoms with Gasteiger partial charge in [0.1, 0.15) is 0 Å². The Kier molecular flexibility index (Phi) is 6.81. The second-order valence-electron chi connectivity index (χ2n) is 21.6. The highest BCUT2D eigenvalue weighted by molar-refractivity contribution is 7.00. The van der Waals surface area contributed by atoms with Crippen LogP contribution in [0.2, 0.25) is 0 Å². The van der Waals surface area contributed by atoms with E-state index in [0.29, 0.717) is 0 Å². The Bertz CT molecular complexity index is 3320. The molecule has 63 heavy (non-hydrogen) atoms. The first-order chi connectivity index (χ1) is 30.5. The van der Waals surface area contributed by atoms with Gasteiger partial charge < -0.3 is 14.4 Å². The Morgan fingerprint density at radius 1 is 0.571 bits per heavy atom. The number of hydrogen-bond acceptors (Lipinski definition) is 2. The smallest absolute Gasteiger partial charge is 0.252 e. The maximum atomic E-state index is 2.91. The van der Waals surface area contributed by atoms with Gasteiger partial charge >= 0.3 is 0 Å². The molecule has 1 aromatic heterocycles. The van der Waals surface area contributed by atoms with Crippen LogP contribution in [0.25, 0.3) is 27.5 Å². The van der Waals surface area contributed by atoms with Gasteiger partial charge in [0.15, 0.2) is 0 Å². The van der Waals surface area contributed by atoms with Gasteiger partial charge in [0.2, 0.25) is 0 Å². The van der Waals surface area contributed by atoms with Crippen molar-refractivity contribution in [2.24, 2.45) is 0 Å². The molecular formula is C59H54BN3. The fourth-order valence-electron chi connectivity index (χ4n) is 15.0. The zero-order chi connectivity index (χ0) is 42.4. The van der Waals surface area contributed by atoms with E-state index in [0.717, 1.165) is 25.7 Å². The molecular weight excluding hydrogens is 761 g/mol. The quantitative estimate of drug-likeness (QED) is 0.161. The summed E-state index contributed by atoms with van der Waals surface area (Å²) >= 11 is 0. The number of para-hydroxylation sites is 3. The average Bonchev–Trinajstić information content (AvgIpc) is 3.84. The first kappa shape index (κ1) is 36.5. The highest BCUT2D eigenvalue weighted by Crippen LogP contribution is 2.67. The van der Waals surface area contributed by atoms with Crippen molar-refractivity contribution in [2.45, 2.75) is 107 Å². The molecule has 0 radical (unpaired) electrons. The van der Waals surface area contributed by atoms with Crippen LogP contribution in [0.15, 0.2) is 146 Å². The van der Waals surface area contributed by atoms with E-state index in [-0.39, 0.29) is 34.0 Å². The lowest BCUT2D eigenvalue weighted by atomic mass is 9.33. The zero-order valence-electron chi connectivity index (χ0n) is 37.5. The zero-order valence-corrected chi connectivity index (χ0v) is 37.5. The first-order valence-electron chi connectivity index (χ1n) is 23.7. The number of benzene rings is 7. The summed E-state index contributed by atoms with van der Waals surface area (Å²) in [6.45, 7) is 15.2. The minimum absolute atomic E-state index is 0.00927. The predicted octanol–water partition coefficient (Wildman–Crippen LogP) is 12.3. The predicted molar refractivity (Wildman–Crippen MR) is 265 cm³/mol. The van der Waals surface area contributed by atoms with Crippen LogP contribution in [0.3, 0.4) is 0 Å².